The van der Waals surface area contributed by atoms with Crippen molar-refractivity contribution in [2.24, 2.45) is 5.92 Å². The van der Waals surface area contributed by atoms with Crippen molar-refractivity contribution in [2.75, 3.05) is 5.73 Å². The third-order valence-electron chi connectivity index (χ3n) is 3.42. The molecule has 1 aliphatic rings. The van der Waals surface area contributed by atoms with Crippen LogP contribution in [-0.2, 0) is 6.18 Å². The molecule has 3 nitrogen and oxygen atoms in total. The molecule has 0 radical (unpaired) electrons. The molecular formula is C13H15F3N2O. The van der Waals surface area contributed by atoms with Gasteiger partial charge in [-0.1, -0.05) is 19.4 Å². The molecule has 0 saturated heterocycles. The molecule has 1 amide bonds. The molecule has 2 unspecified atom stereocenters. The number of nitrogens with one attached hydrogen (secondary N) is 1. The molecule has 0 bridgehead atoms. The van der Waals surface area contributed by atoms with Crippen LogP contribution in [0, 0.1) is 5.92 Å². The van der Waals surface area contributed by atoms with E-state index in [1.54, 1.807) is 0 Å². The maximum atomic E-state index is 12.7. The van der Waals surface area contributed by atoms with Crippen molar-refractivity contribution in [3.05, 3.63) is 29.3 Å². The summed E-state index contributed by atoms with van der Waals surface area (Å²) in [5.41, 5.74) is 3.86. The van der Waals surface area contributed by atoms with Gasteiger partial charge in [-0.15, -0.1) is 0 Å². The third-order valence-corrected chi connectivity index (χ3v) is 3.42. The average molecular weight is 272 g/mol. The normalized spacial score (nSPS) is 22.1. The standard InChI is InChI=1S/C13H15F3N2O/c1-2-7-6-10(7)18-12(19)8-4-3-5-9(11(8)17)13(14,15)16/h3-5,7,10H,2,6,17H2,1H3,(H,18,19). The highest BCUT2D eigenvalue weighted by atomic mass is 19.4. The monoisotopic (exact) mass is 272 g/mol. The van der Waals surface area contributed by atoms with Gasteiger partial charge < -0.3 is 11.1 Å². The average Bonchev–Trinajstić information content (AvgIpc) is 3.06. The minimum absolute atomic E-state index is 0.0615. The van der Waals surface area contributed by atoms with Gasteiger partial charge in [0.25, 0.3) is 5.91 Å². The van der Waals surface area contributed by atoms with Crippen molar-refractivity contribution in [3.63, 3.8) is 0 Å². The van der Waals surface area contributed by atoms with Gasteiger partial charge in [0.05, 0.1) is 16.8 Å². The highest BCUT2D eigenvalue weighted by molar-refractivity contribution is 6.00. The summed E-state index contributed by atoms with van der Waals surface area (Å²) in [5.74, 6) is -0.111. The summed E-state index contributed by atoms with van der Waals surface area (Å²) in [6, 6.07) is 3.44. The van der Waals surface area contributed by atoms with Gasteiger partial charge in [0, 0.05) is 6.04 Å². The fourth-order valence-corrected chi connectivity index (χ4v) is 2.13. The molecule has 2 atom stereocenters. The molecule has 6 heteroatoms. The number of nitrogens with two attached hydrogens (primary N) is 1. The first-order valence-corrected chi connectivity index (χ1v) is 6.11. The van der Waals surface area contributed by atoms with Crippen LogP contribution in [0.25, 0.3) is 0 Å². The molecule has 0 aromatic heterocycles. The molecule has 0 spiro atoms. The Morgan fingerprint density at radius 2 is 2.16 bits per heavy atom. The molecule has 0 aliphatic heterocycles. The summed E-state index contributed by atoms with van der Waals surface area (Å²) in [6.07, 6.45) is -2.73. The first kappa shape index (κ1) is 13.7. The SMILES string of the molecule is CCC1CC1NC(=O)c1cccc(C(F)(F)F)c1N. The number of hydrogen-bond acceptors (Lipinski definition) is 2. The fraction of sp³-hybridized carbons (Fsp3) is 0.462. The number of hydrogen-bond donors (Lipinski definition) is 2. The topological polar surface area (TPSA) is 55.1 Å². The maximum absolute atomic E-state index is 12.7. The van der Waals surface area contributed by atoms with Crippen LogP contribution in [-0.4, -0.2) is 11.9 Å². The van der Waals surface area contributed by atoms with Gasteiger partial charge in [-0.05, 0) is 24.5 Å². The zero-order chi connectivity index (χ0) is 14.2. The number of anilines is 1. The van der Waals surface area contributed by atoms with Gasteiger partial charge in [0.15, 0.2) is 0 Å². The fourth-order valence-electron chi connectivity index (χ4n) is 2.13. The zero-order valence-corrected chi connectivity index (χ0v) is 10.4. The smallest absolute Gasteiger partial charge is 0.398 e. The van der Waals surface area contributed by atoms with E-state index in [1.807, 2.05) is 6.92 Å². The van der Waals surface area contributed by atoms with Crippen molar-refractivity contribution in [3.8, 4) is 0 Å². The van der Waals surface area contributed by atoms with Gasteiger partial charge in [-0.3, -0.25) is 4.79 Å². The predicted octanol–water partition coefficient (Wildman–Crippen LogP) is 2.82. The van der Waals surface area contributed by atoms with Crippen molar-refractivity contribution in [1.82, 2.24) is 5.32 Å². The third kappa shape index (κ3) is 2.83. The molecule has 104 valence electrons. The van der Waals surface area contributed by atoms with E-state index in [0.29, 0.717) is 5.92 Å². The number of carbonyl (C=O) groups is 1. The molecule has 1 fully saturated rings. The molecule has 1 saturated carbocycles. The Morgan fingerprint density at radius 1 is 1.47 bits per heavy atom. The summed E-state index contributed by atoms with van der Waals surface area (Å²) in [6.45, 7) is 2.01. The lowest BCUT2D eigenvalue weighted by Gasteiger charge is -2.13. The van der Waals surface area contributed by atoms with E-state index in [4.69, 9.17) is 5.73 Å². The Balaban J connectivity index is 2.19. The van der Waals surface area contributed by atoms with Gasteiger partial charge >= 0.3 is 6.18 Å². The van der Waals surface area contributed by atoms with Crippen LogP contribution in [0.15, 0.2) is 18.2 Å². The molecule has 19 heavy (non-hydrogen) atoms. The van der Waals surface area contributed by atoms with Crippen LogP contribution >= 0.6 is 0 Å². The first-order chi connectivity index (χ1) is 8.84. The van der Waals surface area contributed by atoms with E-state index in [9.17, 15) is 18.0 Å². The highest BCUT2D eigenvalue weighted by Crippen LogP contribution is 2.36. The quantitative estimate of drug-likeness (QED) is 0.831. The van der Waals surface area contributed by atoms with Crippen LogP contribution in [0.5, 0.6) is 0 Å². The summed E-state index contributed by atoms with van der Waals surface area (Å²) in [7, 11) is 0. The Labute approximate surface area is 109 Å². The zero-order valence-electron chi connectivity index (χ0n) is 10.4. The number of nitrogen functional groups attached to an aromatic ring is 1. The second-order valence-corrected chi connectivity index (χ2v) is 4.75. The predicted molar refractivity (Wildman–Crippen MR) is 65.5 cm³/mol. The van der Waals surface area contributed by atoms with Gasteiger partial charge in [0.2, 0.25) is 0 Å². The number of amides is 1. The van der Waals surface area contributed by atoms with Crippen molar-refractivity contribution in [2.45, 2.75) is 32.0 Å². The lowest BCUT2D eigenvalue weighted by Crippen LogP contribution is -2.28. The number of halogens is 3. The van der Waals surface area contributed by atoms with Gasteiger partial charge in [-0.2, -0.15) is 13.2 Å². The van der Waals surface area contributed by atoms with E-state index in [-0.39, 0.29) is 11.6 Å². The highest BCUT2D eigenvalue weighted by Gasteiger charge is 2.38. The van der Waals surface area contributed by atoms with Crippen LogP contribution in [0.3, 0.4) is 0 Å². The Kier molecular flexibility index (Phi) is 3.43. The van der Waals surface area contributed by atoms with Crippen LogP contribution in [0.4, 0.5) is 18.9 Å². The Hall–Kier alpha value is -1.72. The summed E-state index contributed by atoms with van der Waals surface area (Å²) in [5, 5.41) is 2.70. The number of rotatable bonds is 3. The maximum Gasteiger partial charge on any atom is 0.418 e. The van der Waals surface area contributed by atoms with E-state index >= 15 is 0 Å². The number of alkyl halides is 3. The molecule has 0 heterocycles. The second-order valence-electron chi connectivity index (χ2n) is 4.75. The molecule has 1 aromatic rings. The Bertz CT molecular complexity index is 499. The summed E-state index contributed by atoms with van der Waals surface area (Å²) in [4.78, 5) is 11.9. The lowest BCUT2D eigenvalue weighted by molar-refractivity contribution is -0.136. The van der Waals surface area contributed by atoms with Crippen LogP contribution in [0.2, 0.25) is 0 Å². The molecule has 1 aromatic carbocycles. The van der Waals surface area contributed by atoms with E-state index in [0.717, 1.165) is 18.9 Å². The minimum atomic E-state index is -4.55. The van der Waals surface area contributed by atoms with Crippen molar-refractivity contribution >= 4 is 11.6 Å². The Morgan fingerprint density at radius 3 is 2.68 bits per heavy atom. The summed E-state index contributed by atoms with van der Waals surface area (Å²) >= 11 is 0. The summed E-state index contributed by atoms with van der Waals surface area (Å²) < 4.78 is 38.0. The lowest BCUT2D eigenvalue weighted by atomic mass is 10.1. The second kappa shape index (κ2) is 4.75. The molecule has 2 rings (SSSR count). The van der Waals surface area contributed by atoms with Crippen molar-refractivity contribution in [1.29, 1.82) is 0 Å². The minimum Gasteiger partial charge on any atom is -0.398 e. The van der Waals surface area contributed by atoms with Crippen molar-refractivity contribution < 1.29 is 18.0 Å². The molecular weight excluding hydrogens is 257 g/mol. The number of benzene rings is 1. The van der Waals surface area contributed by atoms with E-state index < -0.39 is 23.3 Å². The van der Waals surface area contributed by atoms with Crippen LogP contribution in [0.1, 0.15) is 35.7 Å². The van der Waals surface area contributed by atoms with Gasteiger partial charge in [-0.25, -0.2) is 0 Å². The molecule has 3 N–H and O–H groups in total. The largest absolute Gasteiger partial charge is 0.418 e. The van der Waals surface area contributed by atoms with E-state index in [2.05, 4.69) is 5.32 Å². The number of carbonyl (C=O) groups excluding carboxylic acids is 1. The van der Waals surface area contributed by atoms with E-state index in [1.165, 1.54) is 12.1 Å². The molecule has 1 aliphatic carbocycles. The number of para-hydroxylation sites is 1. The van der Waals surface area contributed by atoms with Gasteiger partial charge in [0.1, 0.15) is 0 Å². The van der Waals surface area contributed by atoms with Crippen LogP contribution < -0.4 is 11.1 Å². The first-order valence-electron chi connectivity index (χ1n) is 6.11.